The third kappa shape index (κ3) is 4.87. The van der Waals surface area contributed by atoms with Gasteiger partial charge in [-0.3, -0.25) is 0 Å². The van der Waals surface area contributed by atoms with Gasteiger partial charge in [0.1, 0.15) is 11.4 Å². The third-order valence-corrected chi connectivity index (χ3v) is 5.43. The van der Waals surface area contributed by atoms with Crippen LogP contribution in [0.1, 0.15) is 68.4 Å². The van der Waals surface area contributed by atoms with Gasteiger partial charge in [0.15, 0.2) is 0 Å². The van der Waals surface area contributed by atoms with Crippen LogP contribution in [0.25, 0.3) is 0 Å². The second-order valence-corrected chi connectivity index (χ2v) is 8.15. The number of methoxy groups -OCH3 is 1. The zero-order chi connectivity index (χ0) is 20.2. The summed E-state index contributed by atoms with van der Waals surface area (Å²) in [6.07, 6.45) is 4.47. The lowest BCUT2D eigenvalue weighted by Crippen LogP contribution is -2.39. The number of hydrogen-bond acceptors (Lipinski definition) is 6. The molecule has 0 unspecified atom stereocenters. The van der Waals surface area contributed by atoms with Gasteiger partial charge in [-0.2, -0.15) is 9.97 Å². The maximum Gasteiger partial charge on any atom is 0.226 e. The van der Waals surface area contributed by atoms with E-state index in [4.69, 9.17) is 19.2 Å². The number of nitrogens with one attached hydrogen (secondary N) is 1. The van der Waals surface area contributed by atoms with Gasteiger partial charge < -0.3 is 19.5 Å². The molecule has 0 radical (unpaired) electrons. The van der Waals surface area contributed by atoms with Crippen molar-refractivity contribution in [3.8, 4) is 11.8 Å². The predicted octanol–water partition coefficient (Wildman–Crippen LogP) is 4.16. The number of hydrogen-bond donors (Lipinski definition) is 1. The van der Waals surface area contributed by atoms with E-state index in [0.29, 0.717) is 24.3 Å². The largest absolute Gasteiger partial charge is 0.481 e. The van der Waals surface area contributed by atoms with Crippen LogP contribution in [0.5, 0.6) is 11.8 Å². The first kappa shape index (κ1) is 20.1. The Kier molecular flexibility index (Phi) is 6.31. The molecule has 6 nitrogen and oxygen atoms in total. The highest BCUT2D eigenvalue weighted by Gasteiger charge is 2.31. The summed E-state index contributed by atoms with van der Waals surface area (Å²) in [4.78, 5) is 9.37. The molecule has 2 fully saturated rings. The predicted molar refractivity (Wildman–Crippen MR) is 111 cm³/mol. The monoisotopic (exact) mass is 397 g/mol. The molecule has 29 heavy (non-hydrogen) atoms. The van der Waals surface area contributed by atoms with E-state index in [1.54, 1.807) is 7.11 Å². The van der Waals surface area contributed by atoms with Gasteiger partial charge in [0.05, 0.1) is 32.0 Å². The van der Waals surface area contributed by atoms with E-state index in [1.165, 1.54) is 5.56 Å². The number of piperidine rings is 1. The molecule has 0 spiro atoms. The Morgan fingerprint density at radius 3 is 2.52 bits per heavy atom. The molecule has 2 aliphatic rings. The third-order valence-electron chi connectivity index (χ3n) is 5.43. The number of aromatic nitrogens is 2. The quantitative estimate of drug-likeness (QED) is 0.722. The van der Waals surface area contributed by atoms with Crippen molar-refractivity contribution in [3.63, 3.8) is 0 Å². The zero-order valence-corrected chi connectivity index (χ0v) is 17.6. The van der Waals surface area contributed by atoms with E-state index in [9.17, 15) is 0 Å². The SMILES string of the molecule is COc1nc(C2CC2)nc(OC(C)C)c1CO[C@H]1CCCN[C@H]1c1ccccc1. The molecule has 1 aliphatic carbocycles. The molecule has 1 aromatic heterocycles. The van der Waals surface area contributed by atoms with Crippen molar-refractivity contribution in [3.05, 3.63) is 47.3 Å². The summed E-state index contributed by atoms with van der Waals surface area (Å²) in [7, 11) is 1.65. The number of ether oxygens (including phenoxy) is 3. The minimum atomic E-state index is 0.0221. The van der Waals surface area contributed by atoms with E-state index in [0.717, 1.165) is 43.6 Å². The summed E-state index contributed by atoms with van der Waals surface area (Å²) in [5.74, 6) is 2.41. The van der Waals surface area contributed by atoms with E-state index in [-0.39, 0.29) is 18.2 Å². The maximum atomic E-state index is 6.41. The molecule has 2 aromatic rings. The van der Waals surface area contributed by atoms with Crippen molar-refractivity contribution in [2.75, 3.05) is 13.7 Å². The minimum Gasteiger partial charge on any atom is -0.481 e. The Morgan fingerprint density at radius 1 is 1.07 bits per heavy atom. The number of benzene rings is 1. The fourth-order valence-corrected chi connectivity index (χ4v) is 3.82. The molecular weight excluding hydrogens is 366 g/mol. The van der Waals surface area contributed by atoms with E-state index in [1.807, 2.05) is 19.9 Å². The lowest BCUT2D eigenvalue weighted by Gasteiger charge is -2.33. The lowest BCUT2D eigenvalue weighted by atomic mass is 9.94. The molecule has 1 aromatic carbocycles. The average molecular weight is 398 g/mol. The summed E-state index contributed by atoms with van der Waals surface area (Å²) in [5.41, 5.74) is 2.05. The molecule has 4 rings (SSSR count). The van der Waals surface area contributed by atoms with Crippen molar-refractivity contribution < 1.29 is 14.2 Å². The van der Waals surface area contributed by atoms with Crippen LogP contribution in [0.4, 0.5) is 0 Å². The molecule has 6 heteroatoms. The molecule has 156 valence electrons. The van der Waals surface area contributed by atoms with Crippen LogP contribution < -0.4 is 14.8 Å². The number of nitrogens with zero attached hydrogens (tertiary/aromatic N) is 2. The van der Waals surface area contributed by atoms with Crippen molar-refractivity contribution in [1.29, 1.82) is 0 Å². The van der Waals surface area contributed by atoms with Crippen molar-refractivity contribution >= 4 is 0 Å². The second-order valence-electron chi connectivity index (χ2n) is 8.15. The van der Waals surface area contributed by atoms with Crippen LogP contribution in [0.3, 0.4) is 0 Å². The van der Waals surface area contributed by atoms with Gasteiger partial charge >= 0.3 is 0 Å². The van der Waals surface area contributed by atoms with Crippen LogP contribution in [0, 0.1) is 0 Å². The van der Waals surface area contributed by atoms with Gasteiger partial charge in [-0.1, -0.05) is 30.3 Å². The summed E-state index contributed by atoms with van der Waals surface area (Å²) < 4.78 is 18.1. The van der Waals surface area contributed by atoms with Crippen LogP contribution in [-0.2, 0) is 11.3 Å². The maximum absolute atomic E-state index is 6.41. The van der Waals surface area contributed by atoms with Gasteiger partial charge in [-0.05, 0) is 51.6 Å². The van der Waals surface area contributed by atoms with Crippen LogP contribution in [-0.4, -0.2) is 35.8 Å². The van der Waals surface area contributed by atoms with E-state index >= 15 is 0 Å². The Morgan fingerprint density at radius 2 is 1.83 bits per heavy atom. The van der Waals surface area contributed by atoms with Gasteiger partial charge in [0.2, 0.25) is 11.8 Å². The fraction of sp³-hybridized carbons (Fsp3) is 0.565. The van der Waals surface area contributed by atoms with Crippen molar-refractivity contribution in [2.45, 2.75) is 70.3 Å². The highest BCUT2D eigenvalue weighted by molar-refractivity contribution is 5.36. The Labute approximate surface area is 173 Å². The molecule has 1 saturated heterocycles. The standard InChI is InChI=1S/C23H31N3O3/c1-15(2)29-23-18(22(27-3)25-21(26-23)17-11-12-17)14-28-19-10-7-13-24-20(19)16-8-5-4-6-9-16/h4-6,8-9,15,17,19-20,24H,7,10-14H2,1-3H3/t19-,20-/m0/s1. The molecule has 1 N–H and O–H groups in total. The van der Waals surface area contributed by atoms with Crippen molar-refractivity contribution in [1.82, 2.24) is 15.3 Å². The summed E-state index contributed by atoms with van der Waals surface area (Å²) in [6.45, 7) is 5.38. The first-order valence-electron chi connectivity index (χ1n) is 10.7. The highest BCUT2D eigenvalue weighted by atomic mass is 16.5. The van der Waals surface area contributed by atoms with Gasteiger partial charge in [0, 0.05) is 5.92 Å². The molecule has 1 saturated carbocycles. The fourth-order valence-electron chi connectivity index (χ4n) is 3.82. The Balaban J connectivity index is 1.56. The summed E-state index contributed by atoms with van der Waals surface area (Å²) >= 11 is 0. The molecule has 0 amide bonds. The van der Waals surface area contributed by atoms with Crippen LogP contribution in [0.2, 0.25) is 0 Å². The smallest absolute Gasteiger partial charge is 0.226 e. The average Bonchev–Trinajstić information content (AvgIpc) is 3.58. The highest BCUT2D eigenvalue weighted by Crippen LogP contribution is 2.41. The van der Waals surface area contributed by atoms with Crippen LogP contribution >= 0.6 is 0 Å². The summed E-state index contributed by atoms with van der Waals surface area (Å²) in [6, 6.07) is 10.7. The van der Waals surface area contributed by atoms with E-state index in [2.05, 4.69) is 34.6 Å². The molecule has 2 heterocycles. The lowest BCUT2D eigenvalue weighted by molar-refractivity contribution is -0.00588. The number of rotatable bonds is 8. The molecular formula is C23H31N3O3. The first-order valence-corrected chi connectivity index (χ1v) is 10.7. The molecule has 1 aliphatic heterocycles. The molecule has 2 atom stereocenters. The van der Waals surface area contributed by atoms with Crippen molar-refractivity contribution in [2.24, 2.45) is 0 Å². The van der Waals surface area contributed by atoms with Crippen LogP contribution in [0.15, 0.2) is 30.3 Å². The topological polar surface area (TPSA) is 65.5 Å². The normalized spacial score (nSPS) is 21.9. The Bertz CT molecular complexity index is 809. The van der Waals surface area contributed by atoms with Gasteiger partial charge in [-0.25, -0.2) is 0 Å². The van der Waals surface area contributed by atoms with Gasteiger partial charge in [0.25, 0.3) is 0 Å². The minimum absolute atomic E-state index is 0.0221. The Hall–Kier alpha value is -2.18. The van der Waals surface area contributed by atoms with Gasteiger partial charge in [-0.15, -0.1) is 0 Å². The molecule has 0 bridgehead atoms. The van der Waals surface area contributed by atoms with E-state index < -0.39 is 0 Å². The first-order chi connectivity index (χ1) is 14.2. The zero-order valence-electron chi connectivity index (χ0n) is 17.6. The second kappa shape index (κ2) is 9.09. The summed E-state index contributed by atoms with van der Waals surface area (Å²) in [5, 5.41) is 3.61.